The number of hydrogen-bond donors (Lipinski definition) is 2. The smallest absolute Gasteiger partial charge is 0.317 e. The number of carboxylic acids is 1. The Bertz CT molecular complexity index is 362. The molecule has 3 atom stereocenters. The zero-order valence-corrected chi connectivity index (χ0v) is 12.2. The van der Waals surface area contributed by atoms with E-state index in [9.17, 15) is 13.8 Å². The number of likely N-dealkylation sites (tertiary alicyclic amines) is 1. The van der Waals surface area contributed by atoms with Crippen LogP contribution in [0.4, 0.5) is 4.79 Å². The maximum absolute atomic E-state index is 12.0. The first-order valence-electron chi connectivity index (χ1n) is 6.48. The Balaban J connectivity index is 2.40. The Kier molecular flexibility index (Phi) is 6.27. The Labute approximate surface area is 116 Å². The number of aliphatic carboxylic acids is 1. The molecule has 110 valence electrons. The fourth-order valence-electron chi connectivity index (χ4n) is 2.08. The van der Waals surface area contributed by atoms with Gasteiger partial charge in [-0.25, -0.2) is 4.79 Å². The number of amides is 2. The van der Waals surface area contributed by atoms with Gasteiger partial charge >= 0.3 is 12.0 Å². The van der Waals surface area contributed by atoms with Gasteiger partial charge in [0.25, 0.3) is 0 Å². The molecule has 6 nitrogen and oxygen atoms in total. The van der Waals surface area contributed by atoms with E-state index in [4.69, 9.17) is 5.11 Å². The second kappa shape index (κ2) is 7.47. The number of piperidine rings is 1. The van der Waals surface area contributed by atoms with Crippen molar-refractivity contribution in [2.45, 2.75) is 32.2 Å². The van der Waals surface area contributed by atoms with Crippen molar-refractivity contribution in [1.82, 2.24) is 10.2 Å². The Hall–Kier alpha value is -1.11. The molecule has 1 saturated heterocycles. The molecule has 7 heteroatoms. The summed E-state index contributed by atoms with van der Waals surface area (Å²) in [6.45, 7) is 2.74. The first-order valence-corrected chi connectivity index (χ1v) is 8.21. The van der Waals surface area contributed by atoms with Crippen molar-refractivity contribution in [3.63, 3.8) is 0 Å². The molecule has 1 rings (SSSR count). The number of urea groups is 1. The lowest BCUT2D eigenvalue weighted by Crippen LogP contribution is -2.49. The number of hydrogen-bond acceptors (Lipinski definition) is 3. The third kappa shape index (κ3) is 5.59. The van der Waals surface area contributed by atoms with Crippen LogP contribution in [0.2, 0.25) is 0 Å². The van der Waals surface area contributed by atoms with E-state index >= 15 is 0 Å². The molecule has 1 fully saturated rings. The lowest BCUT2D eigenvalue weighted by molar-refractivity contribution is -0.143. The highest BCUT2D eigenvalue weighted by Gasteiger charge is 2.28. The molecule has 0 bridgehead atoms. The van der Waals surface area contributed by atoms with Crippen molar-refractivity contribution in [3.05, 3.63) is 0 Å². The van der Waals surface area contributed by atoms with Crippen LogP contribution in [0.5, 0.6) is 0 Å². The average molecular weight is 290 g/mol. The van der Waals surface area contributed by atoms with Gasteiger partial charge in [-0.3, -0.25) is 9.00 Å². The Morgan fingerprint density at radius 3 is 2.79 bits per heavy atom. The van der Waals surface area contributed by atoms with Crippen molar-refractivity contribution in [1.29, 1.82) is 0 Å². The van der Waals surface area contributed by atoms with Gasteiger partial charge in [-0.1, -0.05) is 0 Å². The molecule has 0 saturated carbocycles. The molecule has 1 aliphatic rings. The fourth-order valence-corrected chi connectivity index (χ4v) is 2.77. The summed E-state index contributed by atoms with van der Waals surface area (Å²) < 4.78 is 11.0. The number of carbonyl (C=O) groups is 2. The van der Waals surface area contributed by atoms with E-state index < -0.39 is 22.7 Å². The van der Waals surface area contributed by atoms with E-state index in [1.165, 1.54) is 0 Å². The van der Waals surface area contributed by atoms with Crippen LogP contribution >= 0.6 is 0 Å². The van der Waals surface area contributed by atoms with E-state index in [2.05, 4.69) is 5.32 Å². The summed E-state index contributed by atoms with van der Waals surface area (Å²) in [5.74, 6) is -0.746. The Morgan fingerprint density at radius 2 is 2.21 bits per heavy atom. The predicted octanol–water partition coefficient (Wildman–Crippen LogP) is 0.650. The number of nitrogens with one attached hydrogen (secondary N) is 1. The van der Waals surface area contributed by atoms with Crippen LogP contribution in [0.3, 0.4) is 0 Å². The molecule has 0 spiro atoms. The second-order valence-corrected chi connectivity index (χ2v) is 6.59. The van der Waals surface area contributed by atoms with Gasteiger partial charge in [0.1, 0.15) is 0 Å². The minimum absolute atomic E-state index is 0.0541. The molecule has 0 aromatic carbocycles. The average Bonchev–Trinajstić information content (AvgIpc) is 2.36. The standard InChI is InChI=1S/C12H22N2O4S/c1-9(5-7-19(2)18)13-12(17)14-6-3-4-10(8-14)11(15)16/h9-10H,3-8H2,1-2H3,(H,13,17)(H,15,16)/t9?,10-,19?/m0/s1. The minimum atomic E-state index is -0.860. The van der Waals surface area contributed by atoms with E-state index in [-0.39, 0.29) is 18.6 Å². The van der Waals surface area contributed by atoms with E-state index in [1.54, 1.807) is 11.2 Å². The lowest BCUT2D eigenvalue weighted by Gasteiger charge is -2.31. The molecular formula is C12H22N2O4S. The summed E-state index contributed by atoms with van der Waals surface area (Å²) in [4.78, 5) is 24.5. The van der Waals surface area contributed by atoms with Gasteiger partial charge < -0.3 is 15.3 Å². The largest absolute Gasteiger partial charge is 0.481 e. The van der Waals surface area contributed by atoms with Crippen LogP contribution in [-0.2, 0) is 15.6 Å². The van der Waals surface area contributed by atoms with Crippen molar-refractivity contribution in [2.24, 2.45) is 5.92 Å². The molecule has 0 radical (unpaired) electrons. The van der Waals surface area contributed by atoms with Crippen LogP contribution < -0.4 is 5.32 Å². The van der Waals surface area contributed by atoms with E-state index in [1.807, 2.05) is 6.92 Å². The van der Waals surface area contributed by atoms with Crippen LogP contribution in [0.1, 0.15) is 26.2 Å². The van der Waals surface area contributed by atoms with Gasteiger partial charge in [0.2, 0.25) is 0 Å². The topological polar surface area (TPSA) is 86.7 Å². The van der Waals surface area contributed by atoms with Crippen LogP contribution in [0, 0.1) is 5.92 Å². The molecule has 0 aliphatic carbocycles. The summed E-state index contributed by atoms with van der Waals surface area (Å²) >= 11 is 0. The first-order chi connectivity index (χ1) is 8.90. The third-order valence-corrected chi connectivity index (χ3v) is 4.08. The molecule has 1 aliphatic heterocycles. The summed E-state index contributed by atoms with van der Waals surface area (Å²) in [5, 5.41) is 11.8. The molecule has 2 amide bonds. The van der Waals surface area contributed by atoms with Crippen molar-refractivity contribution in [3.8, 4) is 0 Å². The second-order valence-electron chi connectivity index (χ2n) is 5.04. The van der Waals surface area contributed by atoms with Crippen LogP contribution in [0.25, 0.3) is 0 Å². The predicted molar refractivity (Wildman–Crippen MR) is 73.5 cm³/mol. The summed E-state index contributed by atoms with van der Waals surface area (Å²) in [6, 6.07) is -0.276. The van der Waals surface area contributed by atoms with Crippen molar-refractivity contribution < 1.29 is 18.9 Å². The van der Waals surface area contributed by atoms with Crippen molar-refractivity contribution in [2.75, 3.05) is 25.1 Å². The van der Waals surface area contributed by atoms with Crippen molar-refractivity contribution >= 4 is 22.8 Å². The number of carboxylic acid groups (broad SMARTS) is 1. The lowest BCUT2D eigenvalue weighted by atomic mass is 9.99. The van der Waals surface area contributed by atoms with Gasteiger partial charge in [-0.05, 0) is 26.2 Å². The van der Waals surface area contributed by atoms with Gasteiger partial charge in [-0.2, -0.15) is 0 Å². The van der Waals surface area contributed by atoms with Crippen LogP contribution in [-0.4, -0.2) is 57.4 Å². The highest BCUT2D eigenvalue weighted by molar-refractivity contribution is 7.84. The maximum Gasteiger partial charge on any atom is 0.317 e. The van der Waals surface area contributed by atoms with Gasteiger partial charge in [-0.15, -0.1) is 0 Å². The monoisotopic (exact) mass is 290 g/mol. The highest BCUT2D eigenvalue weighted by atomic mass is 32.2. The molecule has 2 N–H and O–H groups in total. The molecular weight excluding hydrogens is 268 g/mol. The summed E-state index contributed by atoms with van der Waals surface area (Å²) in [6.07, 6.45) is 3.64. The Morgan fingerprint density at radius 1 is 1.53 bits per heavy atom. The normalized spacial score (nSPS) is 22.6. The van der Waals surface area contributed by atoms with E-state index in [0.717, 1.165) is 6.42 Å². The number of nitrogens with zero attached hydrogens (tertiary/aromatic N) is 1. The zero-order chi connectivity index (χ0) is 14.4. The van der Waals surface area contributed by atoms with Crippen LogP contribution in [0.15, 0.2) is 0 Å². The molecule has 2 unspecified atom stereocenters. The highest BCUT2D eigenvalue weighted by Crippen LogP contribution is 2.16. The fraction of sp³-hybridized carbons (Fsp3) is 0.833. The maximum atomic E-state index is 12.0. The molecule has 1 heterocycles. The zero-order valence-electron chi connectivity index (χ0n) is 11.4. The van der Waals surface area contributed by atoms with Gasteiger partial charge in [0.05, 0.1) is 5.92 Å². The quantitative estimate of drug-likeness (QED) is 0.778. The SMILES string of the molecule is CC(CCS(C)=O)NC(=O)N1CCC[C@H](C(=O)O)C1. The number of carbonyl (C=O) groups excluding carboxylic acids is 1. The third-order valence-electron chi connectivity index (χ3n) is 3.27. The molecule has 19 heavy (non-hydrogen) atoms. The van der Waals surface area contributed by atoms with Gasteiger partial charge in [0.15, 0.2) is 0 Å². The first kappa shape index (κ1) is 15.9. The summed E-state index contributed by atoms with van der Waals surface area (Å²) in [5.41, 5.74) is 0. The number of rotatable bonds is 5. The minimum Gasteiger partial charge on any atom is -0.481 e. The molecule has 0 aromatic rings. The molecule has 0 aromatic heterocycles. The van der Waals surface area contributed by atoms with Gasteiger partial charge in [0, 0.05) is 41.9 Å². The summed E-state index contributed by atoms with van der Waals surface area (Å²) in [7, 11) is -0.860. The van der Waals surface area contributed by atoms with E-state index in [0.29, 0.717) is 25.1 Å².